The molecule has 0 spiro atoms. The minimum atomic E-state index is 0.223. The maximum absolute atomic E-state index is 8.76. The van der Waals surface area contributed by atoms with E-state index in [4.69, 9.17) is 21.5 Å². The lowest BCUT2D eigenvalue weighted by molar-refractivity contribution is 0.0972. The summed E-state index contributed by atoms with van der Waals surface area (Å²) in [4.78, 5) is 5.01. The van der Waals surface area contributed by atoms with Crippen molar-refractivity contribution in [2.75, 3.05) is 39.3 Å². The normalized spacial score (nSPS) is 15.9. The molecule has 6 nitrogen and oxygen atoms in total. The first-order valence-electron chi connectivity index (χ1n) is 11.3. The highest BCUT2D eigenvalue weighted by molar-refractivity contribution is 6.30. The molecule has 4 rings (SSSR count). The van der Waals surface area contributed by atoms with Crippen LogP contribution in [0.3, 0.4) is 0 Å². The molecule has 1 saturated heterocycles. The molecule has 7 heteroatoms. The van der Waals surface area contributed by atoms with Gasteiger partial charge in [0.25, 0.3) is 0 Å². The lowest BCUT2D eigenvalue weighted by Crippen LogP contribution is -2.48. The number of hydrazine groups is 1. The zero-order chi connectivity index (χ0) is 22.9. The van der Waals surface area contributed by atoms with Gasteiger partial charge in [-0.15, -0.1) is 5.59 Å². The van der Waals surface area contributed by atoms with E-state index in [0.29, 0.717) is 13.2 Å². The third kappa shape index (κ3) is 6.54. The number of nitrogens with zero attached hydrogens (tertiary/aromatic N) is 2. The number of halogens is 1. The Morgan fingerprint density at radius 2 is 1.52 bits per heavy atom. The first-order chi connectivity index (χ1) is 16.2. The summed E-state index contributed by atoms with van der Waals surface area (Å²) in [7, 11) is 0. The fourth-order valence-corrected chi connectivity index (χ4v) is 4.48. The van der Waals surface area contributed by atoms with Gasteiger partial charge in [0.15, 0.2) is 0 Å². The van der Waals surface area contributed by atoms with Crippen molar-refractivity contribution in [2.24, 2.45) is 0 Å². The highest BCUT2D eigenvalue weighted by Gasteiger charge is 2.26. The van der Waals surface area contributed by atoms with Gasteiger partial charge >= 0.3 is 0 Å². The van der Waals surface area contributed by atoms with Gasteiger partial charge in [-0.1, -0.05) is 72.3 Å². The molecule has 33 heavy (non-hydrogen) atoms. The maximum Gasteiger partial charge on any atom is 0.123 e. The van der Waals surface area contributed by atoms with Gasteiger partial charge in [0.1, 0.15) is 12.4 Å². The van der Waals surface area contributed by atoms with Crippen molar-refractivity contribution in [3.8, 4) is 5.75 Å². The second-order valence-electron chi connectivity index (χ2n) is 8.16. The Bertz CT molecular complexity index is 979. The first kappa shape index (κ1) is 23.7. The van der Waals surface area contributed by atoms with E-state index >= 15 is 0 Å². The topological polar surface area (TPSA) is 60.0 Å². The molecular formula is C26H31ClN4O2. The second kappa shape index (κ2) is 12.1. The molecule has 1 fully saturated rings. The maximum atomic E-state index is 8.76. The minimum Gasteiger partial charge on any atom is -0.492 e. The number of hydrogen-bond donors (Lipinski definition) is 3. The highest BCUT2D eigenvalue weighted by atomic mass is 35.5. The van der Waals surface area contributed by atoms with E-state index in [-0.39, 0.29) is 6.04 Å². The van der Waals surface area contributed by atoms with Crippen LogP contribution in [0.2, 0.25) is 5.02 Å². The van der Waals surface area contributed by atoms with Crippen LogP contribution < -0.4 is 15.8 Å². The molecule has 3 N–H and O–H groups in total. The Balaban J connectivity index is 1.33. The van der Waals surface area contributed by atoms with Gasteiger partial charge in [-0.2, -0.15) is 0 Å². The number of nitrogens with one attached hydrogen (secondary N) is 2. The van der Waals surface area contributed by atoms with Crippen LogP contribution in [0.15, 0.2) is 78.9 Å². The third-order valence-electron chi connectivity index (χ3n) is 6.07. The average Bonchev–Trinajstić information content (AvgIpc) is 2.86. The monoisotopic (exact) mass is 466 g/mol. The third-order valence-corrected chi connectivity index (χ3v) is 6.32. The van der Waals surface area contributed by atoms with Crippen molar-refractivity contribution in [3.63, 3.8) is 0 Å². The fraction of sp³-hybridized carbons (Fsp3) is 0.308. The van der Waals surface area contributed by atoms with E-state index < -0.39 is 0 Å². The predicted octanol–water partition coefficient (Wildman–Crippen LogP) is 4.11. The van der Waals surface area contributed by atoms with Crippen LogP contribution >= 0.6 is 11.6 Å². The Morgan fingerprint density at radius 1 is 0.848 bits per heavy atom. The molecule has 0 aliphatic carbocycles. The SMILES string of the molecule is ONNCc1ccccc1OCCN1CCN([C@H](c2ccccc2)c2ccc(Cl)cc2)CC1. The molecular weight excluding hydrogens is 436 g/mol. The zero-order valence-corrected chi connectivity index (χ0v) is 19.4. The lowest BCUT2D eigenvalue weighted by Gasteiger charge is -2.39. The van der Waals surface area contributed by atoms with Crippen LogP contribution in [0.5, 0.6) is 5.75 Å². The summed E-state index contributed by atoms with van der Waals surface area (Å²) in [5, 5.41) is 9.53. The average molecular weight is 467 g/mol. The van der Waals surface area contributed by atoms with Gasteiger partial charge in [-0.05, 0) is 29.3 Å². The quantitative estimate of drug-likeness (QED) is 0.391. The van der Waals surface area contributed by atoms with Crippen molar-refractivity contribution in [1.29, 1.82) is 0 Å². The Kier molecular flexibility index (Phi) is 8.72. The van der Waals surface area contributed by atoms with E-state index in [9.17, 15) is 0 Å². The van der Waals surface area contributed by atoms with Crippen LogP contribution in [0, 0.1) is 0 Å². The Hall–Kier alpha value is -2.45. The van der Waals surface area contributed by atoms with Crippen LogP contribution in [-0.2, 0) is 6.54 Å². The molecule has 3 aromatic carbocycles. The van der Waals surface area contributed by atoms with Crippen LogP contribution in [-0.4, -0.2) is 54.3 Å². The molecule has 0 bridgehead atoms. The van der Waals surface area contributed by atoms with Gasteiger partial charge in [0, 0.05) is 49.9 Å². The van der Waals surface area contributed by atoms with Gasteiger partial charge in [-0.25, -0.2) is 5.43 Å². The number of hydrogen-bond acceptors (Lipinski definition) is 6. The Labute approximate surface area is 200 Å². The molecule has 1 aliphatic rings. The summed E-state index contributed by atoms with van der Waals surface area (Å²) in [5.74, 6) is 0.839. The molecule has 0 aromatic heterocycles. The lowest BCUT2D eigenvalue weighted by atomic mass is 9.96. The van der Waals surface area contributed by atoms with E-state index in [0.717, 1.165) is 49.1 Å². The Morgan fingerprint density at radius 3 is 2.24 bits per heavy atom. The van der Waals surface area contributed by atoms with E-state index in [1.54, 1.807) is 0 Å². The first-order valence-corrected chi connectivity index (χ1v) is 11.7. The molecule has 1 aliphatic heterocycles. The smallest absolute Gasteiger partial charge is 0.123 e. The number of benzene rings is 3. The minimum absolute atomic E-state index is 0.223. The van der Waals surface area contributed by atoms with Crippen molar-refractivity contribution >= 4 is 11.6 Å². The summed E-state index contributed by atoms with van der Waals surface area (Å²) >= 11 is 6.14. The van der Waals surface area contributed by atoms with Gasteiger partial charge in [0.05, 0.1) is 6.04 Å². The van der Waals surface area contributed by atoms with E-state index in [2.05, 4.69) is 57.7 Å². The molecule has 3 aromatic rings. The second-order valence-corrected chi connectivity index (χ2v) is 8.60. The molecule has 0 radical (unpaired) electrons. The number of ether oxygens (including phenoxy) is 1. The van der Waals surface area contributed by atoms with Crippen molar-refractivity contribution in [1.82, 2.24) is 20.8 Å². The fourth-order valence-electron chi connectivity index (χ4n) is 4.35. The van der Waals surface area contributed by atoms with Crippen LogP contribution in [0.25, 0.3) is 0 Å². The summed E-state index contributed by atoms with van der Waals surface area (Å²) in [5.41, 5.74) is 8.23. The molecule has 1 atom stereocenters. The summed E-state index contributed by atoms with van der Waals surface area (Å²) in [6.07, 6.45) is 0. The largest absolute Gasteiger partial charge is 0.492 e. The van der Waals surface area contributed by atoms with Crippen LogP contribution in [0.1, 0.15) is 22.7 Å². The molecule has 0 saturated carbocycles. The van der Waals surface area contributed by atoms with E-state index in [1.807, 2.05) is 42.0 Å². The summed E-state index contributed by atoms with van der Waals surface area (Å²) < 4.78 is 6.04. The van der Waals surface area contributed by atoms with Crippen molar-refractivity contribution in [3.05, 3.63) is 101 Å². The predicted molar refractivity (Wildman–Crippen MR) is 131 cm³/mol. The van der Waals surface area contributed by atoms with Gasteiger partial charge in [-0.3, -0.25) is 9.80 Å². The summed E-state index contributed by atoms with van der Waals surface area (Å²) in [6.45, 7) is 5.97. The number of piperazine rings is 1. The number of para-hydroxylation sites is 1. The highest BCUT2D eigenvalue weighted by Crippen LogP contribution is 2.30. The van der Waals surface area contributed by atoms with Gasteiger partial charge < -0.3 is 9.94 Å². The molecule has 1 heterocycles. The van der Waals surface area contributed by atoms with Crippen LogP contribution in [0.4, 0.5) is 0 Å². The van der Waals surface area contributed by atoms with E-state index in [1.165, 1.54) is 11.1 Å². The molecule has 0 unspecified atom stereocenters. The van der Waals surface area contributed by atoms with Crippen molar-refractivity contribution in [2.45, 2.75) is 12.6 Å². The zero-order valence-electron chi connectivity index (χ0n) is 18.7. The molecule has 174 valence electrons. The summed E-state index contributed by atoms with van der Waals surface area (Å²) in [6, 6.07) is 27.0. The standard InChI is InChI=1S/C26H31ClN4O2/c27-24-12-10-22(11-13-24)26(21-6-2-1-3-7-21)31-16-14-30(15-17-31)18-19-33-25-9-5-4-8-23(25)20-28-29-32/h1-13,26,28-29,32H,14-20H2/t26-/m1/s1. The van der Waals surface area contributed by atoms with Gasteiger partial charge in [0.2, 0.25) is 0 Å². The van der Waals surface area contributed by atoms with Crippen molar-refractivity contribution < 1.29 is 9.94 Å². The molecule has 0 amide bonds. The number of rotatable bonds is 10.